The van der Waals surface area contributed by atoms with E-state index >= 15 is 0 Å². The van der Waals surface area contributed by atoms with Crippen LogP contribution in [0.2, 0.25) is 5.02 Å². The molecule has 1 fully saturated rings. The summed E-state index contributed by atoms with van der Waals surface area (Å²) < 4.78 is 2.64. The molecule has 4 rings (SSSR count). The fourth-order valence-electron chi connectivity index (χ4n) is 3.16. The summed E-state index contributed by atoms with van der Waals surface area (Å²) in [5, 5.41) is 5.29. The van der Waals surface area contributed by atoms with Crippen LogP contribution in [-0.4, -0.2) is 14.5 Å². The van der Waals surface area contributed by atoms with Gasteiger partial charge in [-0.2, -0.15) is 0 Å². The van der Waals surface area contributed by atoms with Gasteiger partial charge in [0.2, 0.25) is 0 Å². The molecule has 1 aliphatic rings. The maximum absolute atomic E-state index is 13.1. The van der Waals surface area contributed by atoms with E-state index in [0.29, 0.717) is 22.0 Å². The van der Waals surface area contributed by atoms with Gasteiger partial charge in [-0.05, 0) is 59.9 Å². The maximum atomic E-state index is 13.1. The fourth-order valence-corrected chi connectivity index (χ4v) is 3.86. The Morgan fingerprint density at radius 3 is 2.88 bits per heavy atom. The quantitative estimate of drug-likeness (QED) is 0.547. The SMILES string of the molecule is C[C@H](Nc1ncnc(N)c1I)c1cc2cccc(Cl)c2c(=O)n1C1CC1. The number of nitrogens with zero attached hydrogens (tertiary/aromatic N) is 3. The summed E-state index contributed by atoms with van der Waals surface area (Å²) in [4.78, 5) is 21.4. The first-order valence-corrected chi connectivity index (χ1v) is 9.79. The Balaban J connectivity index is 1.84. The van der Waals surface area contributed by atoms with Crippen LogP contribution in [0.4, 0.5) is 11.6 Å². The molecule has 1 atom stereocenters. The van der Waals surface area contributed by atoms with Crippen LogP contribution >= 0.6 is 34.2 Å². The van der Waals surface area contributed by atoms with Crippen LogP contribution in [0.3, 0.4) is 0 Å². The van der Waals surface area contributed by atoms with E-state index in [4.69, 9.17) is 17.3 Å². The van der Waals surface area contributed by atoms with Gasteiger partial charge in [-0.25, -0.2) is 9.97 Å². The molecule has 0 amide bonds. The smallest absolute Gasteiger partial charge is 0.260 e. The lowest BCUT2D eigenvalue weighted by Crippen LogP contribution is -2.26. The predicted molar refractivity (Wildman–Crippen MR) is 113 cm³/mol. The average Bonchev–Trinajstić information content (AvgIpc) is 3.43. The summed E-state index contributed by atoms with van der Waals surface area (Å²) in [6.07, 6.45) is 3.45. The maximum Gasteiger partial charge on any atom is 0.260 e. The molecule has 26 heavy (non-hydrogen) atoms. The second-order valence-electron chi connectivity index (χ2n) is 6.47. The third kappa shape index (κ3) is 3.03. The van der Waals surface area contributed by atoms with Crippen molar-refractivity contribution < 1.29 is 0 Å². The zero-order chi connectivity index (χ0) is 18.4. The van der Waals surface area contributed by atoms with Gasteiger partial charge in [0.05, 0.1) is 20.0 Å². The Labute approximate surface area is 168 Å². The molecule has 1 aromatic carbocycles. The van der Waals surface area contributed by atoms with Crippen LogP contribution in [0.15, 0.2) is 35.4 Å². The highest BCUT2D eigenvalue weighted by molar-refractivity contribution is 14.1. The number of aromatic nitrogens is 3. The highest BCUT2D eigenvalue weighted by atomic mass is 127. The van der Waals surface area contributed by atoms with E-state index < -0.39 is 0 Å². The minimum atomic E-state index is -0.130. The molecule has 134 valence electrons. The summed E-state index contributed by atoms with van der Waals surface area (Å²) in [6.45, 7) is 2.01. The predicted octanol–water partition coefficient (Wildman–Crippen LogP) is 4.14. The first-order valence-electron chi connectivity index (χ1n) is 8.33. The summed E-state index contributed by atoms with van der Waals surface area (Å²) >= 11 is 8.42. The van der Waals surface area contributed by atoms with Gasteiger partial charge >= 0.3 is 0 Å². The largest absolute Gasteiger partial charge is 0.383 e. The molecule has 0 bridgehead atoms. The summed E-state index contributed by atoms with van der Waals surface area (Å²) in [5.41, 5.74) is 6.76. The van der Waals surface area contributed by atoms with Gasteiger partial charge in [0, 0.05) is 11.7 Å². The number of nitrogens with two attached hydrogens (primary N) is 1. The number of hydrogen-bond donors (Lipinski definition) is 2. The van der Waals surface area contributed by atoms with Crippen LogP contribution in [-0.2, 0) is 0 Å². The number of rotatable bonds is 4. The van der Waals surface area contributed by atoms with Gasteiger partial charge < -0.3 is 15.6 Å². The fraction of sp³-hybridized carbons (Fsp3) is 0.278. The molecule has 1 aliphatic carbocycles. The van der Waals surface area contributed by atoms with Crippen molar-refractivity contribution in [2.75, 3.05) is 11.1 Å². The monoisotopic (exact) mass is 481 g/mol. The minimum absolute atomic E-state index is 0.0313. The lowest BCUT2D eigenvalue weighted by molar-refractivity contribution is 0.635. The highest BCUT2D eigenvalue weighted by Gasteiger charge is 2.29. The molecule has 1 saturated carbocycles. The van der Waals surface area contributed by atoms with Crippen LogP contribution in [0.25, 0.3) is 10.8 Å². The Bertz CT molecular complexity index is 1060. The molecule has 0 radical (unpaired) electrons. The molecule has 6 nitrogen and oxygen atoms in total. The van der Waals surface area contributed by atoms with Crippen molar-refractivity contribution in [2.24, 2.45) is 0 Å². The third-order valence-electron chi connectivity index (χ3n) is 4.59. The van der Waals surface area contributed by atoms with Crippen molar-refractivity contribution in [3.63, 3.8) is 0 Å². The number of halogens is 2. The number of hydrogen-bond acceptors (Lipinski definition) is 5. The van der Waals surface area contributed by atoms with E-state index in [0.717, 1.165) is 27.5 Å². The topological polar surface area (TPSA) is 85.8 Å². The first-order chi connectivity index (χ1) is 12.5. The van der Waals surface area contributed by atoms with Crippen molar-refractivity contribution in [2.45, 2.75) is 31.8 Å². The number of nitrogen functional groups attached to an aromatic ring is 1. The number of anilines is 2. The van der Waals surface area contributed by atoms with Crippen LogP contribution in [0.1, 0.15) is 37.5 Å². The van der Waals surface area contributed by atoms with E-state index in [1.807, 2.05) is 29.7 Å². The average molecular weight is 482 g/mol. The van der Waals surface area contributed by atoms with E-state index in [9.17, 15) is 4.79 Å². The third-order valence-corrected chi connectivity index (χ3v) is 5.96. The Kier molecular flexibility index (Phi) is 4.52. The second kappa shape index (κ2) is 6.70. The number of benzene rings is 1. The van der Waals surface area contributed by atoms with E-state index in [1.54, 1.807) is 6.07 Å². The van der Waals surface area contributed by atoms with E-state index in [2.05, 4.69) is 37.9 Å². The lowest BCUT2D eigenvalue weighted by atomic mass is 10.1. The van der Waals surface area contributed by atoms with Crippen molar-refractivity contribution in [3.8, 4) is 0 Å². The second-order valence-corrected chi connectivity index (χ2v) is 7.95. The van der Waals surface area contributed by atoms with Crippen molar-refractivity contribution in [3.05, 3.63) is 55.2 Å². The van der Waals surface area contributed by atoms with Crippen LogP contribution < -0.4 is 16.6 Å². The summed E-state index contributed by atoms with van der Waals surface area (Å²) in [5.74, 6) is 1.09. The standard InChI is InChI=1S/C18H17ClIN5O/c1-9(24-17-15(20)16(21)22-8-23-17)13-7-10-3-2-4-12(19)14(10)18(26)25(13)11-5-6-11/h2-4,7-9,11H,5-6H2,1H3,(H3,21,22,23,24)/t9-/m0/s1. The van der Waals surface area contributed by atoms with Gasteiger partial charge in [0.25, 0.3) is 5.56 Å². The lowest BCUT2D eigenvalue weighted by Gasteiger charge is -2.22. The number of nitrogens with one attached hydrogen (secondary N) is 1. The Hall–Kier alpha value is -1.87. The van der Waals surface area contributed by atoms with E-state index in [1.165, 1.54) is 6.33 Å². The van der Waals surface area contributed by atoms with Gasteiger partial charge in [0.15, 0.2) is 0 Å². The molecular formula is C18H17ClIN5O. The molecule has 3 N–H and O–H groups in total. The molecule has 0 spiro atoms. The van der Waals surface area contributed by atoms with Gasteiger partial charge in [-0.15, -0.1) is 0 Å². The highest BCUT2D eigenvalue weighted by Crippen LogP contribution is 2.38. The first kappa shape index (κ1) is 17.5. The Morgan fingerprint density at radius 2 is 2.15 bits per heavy atom. The molecule has 0 aliphatic heterocycles. The molecule has 0 unspecified atom stereocenters. The zero-order valence-electron chi connectivity index (χ0n) is 14.0. The van der Waals surface area contributed by atoms with Gasteiger partial charge in [0.1, 0.15) is 18.0 Å². The van der Waals surface area contributed by atoms with Crippen molar-refractivity contribution in [1.29, 1.82) is 0 Å². The number of pyridine rings is 1. The molecule has 2 heterocycles. The molecular weight excluding hydrogens is 465 g/mol. The van der Waals surface area contributed by atoms with Crippen LogP contribution in [0.5, 0.6) is 0 Å². The van der Waals surface area contributed by atoms with Crippen molar-refractivity contribution in [1.82, 2.24) is 14.5 Å². The summed E-state index contributed by atoms with van der Waals surface area (Å²) in [7, 11) is 0. The van der Waals surface area contributed by atoms with Crippen LogP contribution in [0, 0.1) is 3.57 Å². The minimum Gasteiger partial charge on any atom is -0.383 e. The van der Waals surface area contributed by atoms with Gasteiger partial charge in [-0.3, -0.25) is 4.79 Å². The molecule has 2 aromatic heterocycles. The summed E-state index contributed by atoms with van der Waals surface area (Å²) in [6, 6.07) is 7.68. The van der Waals surface area contributed by atoms with E-state index in [-0.39, 0.29) is 17.6 Å². The Morgan fingerprint density at radius 1 is 1.38 bits per heavy atom. The molecule has 0 saturated heterocycles. The normalized spacial score (nSPS) is 15.2. The zero-order valence-corrected chi connectivity index (χ0v) is 17.0. The van der Waals surface area contributed by atoms with Crippen molar-refractivity contribution >= 4 is 56.6 Å². The molecule has 3 aromatic rings. The molecule has 8 heteroatoms. The number of fused-ring (bicyclic) bond motifs is 1. The van der Waals surface area contributed by atoms with Gasteiger partial charge in [-0.1, -0.05) is 23.7 Å².